The molecule has 3 heterocycles. The summed E-state index contributed by atoms with van der Waals surface area (Å²) in [6.07, 6.45) is 3.47. The number of carbonyl (C=O) groups is 1. The summed E-state index contributed by atoms with van der Waals surface area (Å²) in [7, 11) is 0. The molecular formula is C21H15N3O3S. The quantitative estimate of drug-likeness (QED) is 0.522. The number of anilines is 1. The number of nitrogens with zero attached hydrogens (tertiary/aromatic N) is 3. The van der Waals surface area contributed by atoms with Crippen LogP contribution in [0.25, 0.3) is 10.2 Å². The number of fused-ring (bicyclic) bond motifs is 2. The second kappa shape index (κ2) is 6.94. The minimum absolute atomic E-state index is 0.152. The fourth-order valence-corrected chi connectivity index (χ4v) is 4.02. The Morgan fingerprint density at radius 2 is 1.96 bits per heavy atom. The topological polar surface area (TPSA) is 64.6 Å². The molecule has 0 saturated heterocycles. The van der Waals surface area contributed by atoms with Crippen LogP contribution < -0.4 is 14.4 Å². The standard InChI is InChI=1S/C21H15N3O3S/c25-20(15-7-8-17-18(10-15)27-13-26-17)24(12-14-4-3-9-22-11-14)21-23-16-5-1-2-6-19(16)28-21/h1-11H,12-13H2. The lowest BCUT2D eigenvalue weighted by atomic mass is 10.1. The van der Waals surface area contributed by atoms with Gasteiger partial charge in [-0.25, -0.2) is 4.98 Å². The Morgan fingerprint density at radius 3 is 2.82 bits per heavy atom. The normalized spacial score (nSPS) is 12.3. The lowest BCUT2D eigenvalue weighted by Crippen LogP contribution is -2.30. The Balaban J connectivity index is 1.55. The second-order valence-corrected chi connectivity index (χ2v) is 7.29. The smallest absolute Gasteiger partial charge is 0.260 e. The van der Waals surface area contributed by atoms with Gasteiger partial charge in [-0.3, -0.25) is 14.7 Å². The molecule has 2 aromatic carbocycles. The predicted octanol–water partition coefficient (Wildman–Crippen LogP) is 4.27. The van der Waals surface area contributed by atoms with E-state index < -0.39 is 0 Å². The molecule has 0 radical (unpaired) electrons. The number of ether oxygens (including phenoxy) is 2. The van der Waals surface area contributed by atoms with Gasteiger partial charge in [0.1, 0.15) is 0 Å². The number of hydrogen-bond acceptors (Lipinski definition) is 6. The fourth-order valence-electron chi connectivity index (χ4n) is 3.06. The van der Waals surface area contributed by atoms with Gasteiger partial charge in [-0.1, -0.05) is 29.5 Å². The molecule has 1 aliphatic heterocycles. The summed E-state index contributed by atoms with van der Waals surface area (Å²) in [5, 5.41) is 0.646. The molecule has 0 bridgehead atoms. The number of amides is 1. The predicted molar refractivity (Wildman–Crippen MR) is 107 cm³/mol. The third-order valence-electron chi connectivity index (χ3n) is 4.44. The van der Waals surface area contributed by atoms with Gasteiger partial charge in [0.15, 0.2) is 16.6 Å². The van der Waals surface area contributed by atoms with Gasteiger partial charge < -0.3 is 9.47 Å². The van der Waals surface area contributed by atoms with E-state index >= 15 is 0 Å². The molecule has 0 spiro atoms. The van der Waals surface area contributed by atoms with E-state index in [2.05, 4.69) is 9.97 Å². The van der Waals surface area contributed by atoms with E-state index in [1.54, 1.807) is 35.5 Å². The zero-order valence-electron chi connectivity index (χ0n) is 14.7. The molecule has 7 heteroatoms. The van der Waals surface area contributed by atoms with Crippen LogP contribution in [0.1, 0.15) is 15.9 Å². The molecule has 138 valence electrons. The maximum Gasteiger partial charge on any atom is 0.260 e. The molecule has 0 aliphatic carbocycles. The van der Waals surface area contributed by atoms with Gasteiger partial charge in [0.25, 0.3) is 5.91 Å². The van der Waals surface area contributed by atoms with Gasteiger partial charge in [-0.15, -0.1) is 0 Å². The van der Waals surface area contributed by atoms with Crippen molar-refractivity contribution in [2.24, 2.45) is 0 Å². The molecule has 0 atom stereocenters. The number of pyridine rings is 1. The van der Waals surface area contributed by atoms with Gasteiger partial charge in [0.05, 0.1) is 16.8 Å². The highest BCUT2D eigenvalue weighted by Gasteiger charge is 2.24. The van der Waals surface area contributed by atoms with Crippen LogP contribution in [-0.2, 0) is 6.54 Å². The highest BCUT2D eigenvalue weighted by atomic mass is 32.1. The van der Waals surface area contributed by atoms with E-state index in [1.807, 2.05) is 36.4 Å². The molecule has 5 rings (SSSR count). The first-order valence-corrected chi connectivity index (χ1v) is 9.55. The lowest BCUT2D eigenvalue weighted by Gasteiger charge is -2.20. The van der Waals surface area contributed by atoms with Gasteiger partial charge in [-0.05, 0) is 42.0 Å². The van der Waals surface area contributed by atoms with Crippen LogP contribution >= 0.6 is 11.3 Å². The largest absolute Gasteiger partial charge is 0.454 e. The molecular weight excluding hydrogens is 374 g/mol. The maximum absolute atomic E-state index is 13.4. The van der Waals surface area contributed by atoms with Gasteiger partial charge in [0.2, 0.25) is 6.79 Å². The summed E-state index contributed by atoms with van der Waals surface area (Å²) in [5.41, 5.74) is 2.32. The van der Waals surface area contributed by atoms with Crippen molar-refractivity contribution in [1.29, 1.82) is 0 Å². The Hall–Kier alpha value is -3.45. The third kappa shape index (κ3) is 3.05. The molecule has 1 amide bonds. The van der Waals surface area contributed by atoms with E-state index in [4.69, 9.17) is 9.47 Å². The summed E-state index contributed by atoms with van der Waals surface area (Å²) in [5.74, 6) is 1.08. The van der Waals surface area contributed by atoms with Crippen molar-refractivity contribution in [2.75, 3.05) is 11.7 Å². The maximum atomic E-state index is 13.4. The SMILES string of the molecule is O=C(c1ccc2c(c1)OCO2)N(Cc1cccnc1)c1nc2ccccc2s1. The highest BCUT2D eigenvalue weighted by Crippen LogP contribution is 2.35. The van der Waals surface area contributed by atoms with Gasteiger partial charge in [-0.2, -0.15) is 0 Å². The van der Waals surface area contributed by atoms with Crippen molar-refractivity contribution in [3.05, 3.63) is 78.1 Å². The Bertz CT molecular complexity index is 1130. The number of rotatable bonds is 4. The first kappa shape index (κ1) is 16.7. The summed E-state index contributed by atoms with van der Waals surface area (Å²) in [6.45, 7) is 0.547. The van der Waals surface area contributed by atoms with Gasteiger partial charge in [0, 0.05) is 18.0 Å². The lowest BCUT2D eigenvalue weighted by molar-refractivity contribution is 0.0984. The molecule has 6 nitrogen and oxygen atoms in total. The van der Waals surface area contributed by atoms with Crippen molar-refractivity contribution in [2.45, 2.75) is 6.54 Å². The van der Waals surface area contributed by atoms with Crippen LogP contribution in [0.4, 0.5) is 5.13 Å². The molecule has 28 heavy (non-hydrogen) atoms. The fraction of sp³-hybridized carbons (Fsp3) is 0.0952. The van der Waals surface area contributed by atoms with Crippen molar-refractivity contribution < 1.29 is 14.3 Å². The molecule has 0 saturated carbocycles. The first-order chi connectivity index (χ1) is 13.8. The zero-order valence-corrected chi connectivity index (χ0v) is 15.6. The minimum atomic E-state index is -0.152. The second-order valence-electron chi connectivity index (χ2n) is 6.28. The molecule has 1 aliphatic rings. The number of thiazole rings is 1. The molecule has 0 unspecified atom stereocenters. The number of hydrogen-bond donors (Lipinski definition) is 0. The Morgan fingerprint density at radius 1 is 1.07 bits per heavy atom. The van der Waals surface area contributed by atoms with E-state index in [0.29, 0.717) is 28.7 Å². The molecule has 0 N–H and O–H groups in total. The molecule has 2 aromatic heterocycles. The third-order valence-corrected chi connectivity index (χ3v) is 5.50. The summed E-state index contributed by atoms with van der Waals surface area (Å²) >= 11 is 1.49. The van der Waals surface area contributed by atoms with Crippen LogP contribution in [0, 0.1) is 0 Å². The average Bonchev–Trinajstić information content (AvgIpc) is 3.38. The van der Waals surface area contributed by atoms with Crippen LogP contribution in [0.5, 0.6) is 11.5 Å². The molecule has 4 aromatic rings. The summed E-state index contributed by atoms with van der Waals surface area (Å²) < 4.78 is 11.8. The number of aromatic nitrogens is 2. The van der Waals surface area contributed by atoms with Gasteiger partial charge >= 0.3 is 0 Å². The number of para-hydroxylation sites is 1. The van der Waals surface area contributed by atoms with Crippen molar-refractivity contribution in [3.8, 4) is 11.5 Å². The van der Waals surface area contributed by atoms with Crippen molar-refractivity contribution in [1.82, 2.24) is 9.97 Å². The zero-order chi connectivity index (χ0) is 18.9. The molecule has 0 fully saturated rings. The number of carbonyl (C=O) groups excluding carboxylic acids is 1. The van der Waals surface area contributed by atoms with Crippen LogP contribution in [-0.4, -0.2) is 22.7 Å². The summed E-state index contributed by atoms with van der Waals surface area (Å²) in [4.78, 5) is 23.9. The van der Waals surface area contributed by atoms with E-state index in [1.165, 1.54) is 11.3 Å². The summed E-state index contributed by atoms with van der Waals surface area (Å²) in [6, 6.07) is 16.9. The van der Waals surface area contributed by atoms with Crippen molar-refractivity contribution in [3.63, 3.8) is 0 Å². The number of benzene rings is 2. The van der Waals surface area contributed by atoms with Crippen LogP contribution in [0.3, 0.4) is 0 Å². The monoisotopic (exact) mass is 389 g/mol. The Kier molecular flexibility index (Phi) is 4.14. The van der Waals surface area contributed by atoms with E-state index in [9.17, 15) is 4.79 Å². The van der Waals surface area contributed by atoms with E-state index in [0.717, 1.165) is 15.8 Å². The van der Waals surface area contributed by atoms with Crippen LogP contribution in [0.15, 0.2) is 67.0 Å². The first-order valence-electron chi connectivity index (χ1n) is 8.74. The highest BCUT2D eigenvalue weighted by molar-refractivity contribution is 7.22. The Labute approximate surface area is 165 Å². The van der Waals surface area contributed by atoms with Crippen molar-refractivity contribution >= 4 is 32.6 Å². The minimum Gasteiger partial charge on any atom is -0.454 e. The van der Waals surface area contributed by atoms with E-state index in [-0.39, 0.29) is 12.7 Å². The van der Waals surface area contributed by atoms with Crippen LogP contribution in [0.2, 0.25) is 0 Å². The average molecular weight is 389 g/mol.